The second kappa shape index (κ2) is 5.46. The molecule has 0 spiro atoms. The van der Waals surface area contributed by atoms with E-state index in [0.29, 0.717) is 6.42 Å². The molecule has 0 bridgehead atoms. The molecule has 1 fully saturated rings. The van der Waals surface area contributed by atoms with Gasteiger partial charge in [0.1, 0.15) is 5.75 Å². The maximum atomic E-state index is 12.0. The van der Waals surface area contributed by atoms with Crippen molar-refractivity contribution in [2.24, 2.45) is 0 Å². The van der Waals surface area contributed by atoms with Crippen LogP contribution in [0.2, 0.25) is 0 Å². The maximum Gasteiger partial charge on any atom is 0.164 e. The Morgan fingerprint density at radius 1 is 1.18 bits per heavy atom. The number of rotatable bonds is 3. The SMILES string of the molecule is CC(=O)C1(C)CC(c2ccc(O)cc2)N(c2ccccc2)O1. The molecule has 1 heterocycles. The molecule has 4 nitrogen and oxygen atoms in total. The Labute approximate surface area is 129 Å². The Balaban J connectivity index is 2.00. The molecule has 3 rings (SSSR count). The molecule has 2 unspecified atom stereocenters. The van der Waals surface area contributed by atoms with Crippen LogP contribution in [0.3, 0.4) is 0 Å². The molecule has 22 heavy (non-hydrogen) atoms. The molecule has 1 saturated heterocycles. The van der Waals surface area contributed by atoms with E-state index >= 15 is 0 Å². The molecule has 1 aliphatic heterocycles. The van der Waals surface area contributed by atoms with Crippen molar-refractivity contribution >= 4 is 11.5 Å². The normalized spacial score (nSPS) is 24.5. The number of carbonyl (C=O) groups is 1. The number of phenolic OH excluding ortho intramolecular Hbond substituents is 1. The summed E-state index contributed by atoms with van der Waals surface area (Å²) < 4.78 is 0. The number of ketones is 1. The van der Waals surface area contributed by atoms with Crippen molar-refractivity contribution in [3.63, 3.8) is 0 Å². The van der Waals surface area contributed by atoms with Crippen LogP contribution in [0.4, 0.5) is 5.69 Å². The van der Waals surface area contributed by atoms with Gasteiger partial charge in [-0.3, -0.25) is 9.63 Å². The summed E-state index contributed by atoms with van der Waals surface area (Å²) in [6, 6.07) is 16.7. The van der Waals surface area contributed by atoms with Gasteiger partial charge in [0.15, 0.2) is 11.4 Å². The molecular weight excluding hydrogens is 278 g/mol. The van der Waals surface area contributed by atoms with Crippen molar-refractivity contribution < 1.29 is 14.7 Å². The highest BCUT2D eigenvalue weighted by Gasteiger charge is 2.46. The highest BCUT2D eigenvalue weighted by molar-refractivity contribution is 5.85. The van der Waals surface area contributed by atoms with Crippen molar-refractivity contribution in [3.8, 4) is 5.75 Å². The lowest BCUT2D eigenvalue weighted by molar-refractivity contribution is -0.136. The fraction of sp³-hybridized carbons (Fsp3) is 0.278. The van der Waals surface area contributed by atoms with Crippen LogP contribution >= 0.6 is 0 Å². The van der Waals surface area contributed by atoms with E-state index in [-0.39, 0.29) is 17.6 Å². The molecule has 4 heteroatoms. The van der Waals surface area contributed by atoms with Gasteiger partial charge in [0.05, 0.1) is 11.7 Å². The van der Waals surface area contributed by atoms with E-state index in [1.807, 2.05) is 49.4 Å². The Bertz CT molecular complexity index is 668. The first kappa shape index (κ1) is 14.6. The fourth-order valence-corrected chi connectivity index (χ4v) is 2.74. The van der Waals surface area contributed by atoms with Crippen LogP contribution in [-0.2, 0) is 9.63 Å². The number of para-hydroxylation sites is 1. The van der Waals surface area contributed by atoms with Crippen molar-refractivity contribution in [1.29, 1.82) is 0 Å². The molecule has 0 aliphatic carbocycles. The average molecular weight is 297 g/mol. The van der Waals surface area contributed by atoms with Gasteiger partial charge < -0.3 is 5.11 Å². The number of nitrogens with zero attached hydrogens (tertiary/aromatic N) is 1. The van der Waals surface area contributed by atoms with Crippen LogP contribution in [-0.4, -0.2) is 16.5 Å². The third-order valence-corrected chi connectivity index (χ3v) is 4.20. The van der Waals surface area contributed by atoms with E-state index in [1.165, 1.54) is 0 Å². The van der Waals surface area contributed by atoms with E-state index < -0.39 is 5.60 Å². The van der Waals surface area contributed by atoms with Crippen LogP contribution in [0.5, 0.6) is 5.75 Å². The molecule has 1 aliphatic rings. The molecule has 1 N–H and O–H groups in total. The van der Waals surface area contributed by atoms with Crippen molar-refractivity contribution in [3.05, 3.63) is 60.2 Å². The van der Waals surface area contributed by atoms with Crippen LogP contribution in [0.1, 0.15) is 31.9 Å². The monoisotopic (exact) mass is 297 g/mol. The largest absolute Gasteiger partial charge is 0.508 e. The molecule has 0 aromatic heterocycles. The number of carbonyl (C=O) groups excluding carboxylic acids is 1. The second-order valence-corrected chi connectivity index (χ2v) is 5.85. The molecule has 2 aromatic carbocycles. The third-order valence-electron chi connectivity index (χ3n) is 4.20. The summed E-state index contributed by atoms with van der Waals surface area (Å²) in [6.07, 6.45) is 0.571. The van der Waals surface area contributed by atoms with Crippen LogP contribution in [0.15, 0.2) is 54.6 Å². The molecule has 0 amide bonds. The van der Waals surface area contributed by atoms with Gasteiger partial charge in [-0.2, -0.15) is 0 Å². The minimum atomic E-state index is -0.835. The second-order valence-electron chi connectivity index (χ2n) is 5.85. The van der Waals surface area contributed by atoms with Crippen LogP contribution in [0, 0.1) is 0 Å². The summed E-state index contributed by atoms with van der Waals surface area (Å²) in [4.78, 5) is 18.0. The van der Waals surface area contributed by atoms with E-state index in [2.05, 4.69) is 0 Å². The number of phenols is 1. The van der Waals surface area contributed by atoms with Gasteiger partial charge in [-0.15, -0.1) is 0 Å². The van der Waals surface area contributed by atoms with E-state index in [1.54, 1.807) is 24.1 Å². The highest BCUT2D eigenvalue weighted by Crippen LogP contribution is 2.43. The summed E-state index contributed by atoms with van der Waals surface area (Å²) in [5, 5.41) is 11.3. The zero-order valence-electron chi connectivity index (χ0n) is 12.7. The molecule has 0 saturated carbocycles. The quantitative estimate of drug-likeness (QED) is 0.940. The zero-order chi connectivity index (χ0) is 15.7. The number of hydrogen-bond donors (Lipinski definition) is 1. The zero-order valence-corrected chi connectivity index (χ0v) is 12.7. The molecular formula is C18H19NO3. The number of benzene rings is 2. The van der Waals surface area contributed by atoms with Crippen LogP contribution in [0.25, 0.3) is 0 Å². The highest BCUT2D eigenvalue weighted by atomic mass is 16.7. The first-order valence-corrected chi connectivity index (χ1v) is 7.33. The first-order valence-electron chi connectivity index (χ1n) is 7.33. The fourth-order valence-electron chi connectivity index (χ4n) is 2.74. The average Bonchev–Trinajstić information content (AvgIpc) is 2.88. The first-order chi connectivity index (χ1) is 10.5. The van der Waals surface area contributed by atoms with Crippen molar-refractivity contribution in [2.45, 2.75) is 31.9 Å². The van der Waals surface area contributed by atoms with Crippen molar-refractivity contribution in [2.75, 3.05) is 5.06 Å². The predicted molar refractivity (Wildman–Crippen MR) is 84.6 cm³/mol. The van der Waals surface area contributed by atoms with Gasteiger partial charge in [-0.05, 0) is 43.7 Å². The lowest BCUT2D eigenvalue weighted by atomic mass is 9.91. The van der Waals surface area contributed by atoms with E-state index in [4.69, 9.17) is 4.84 Å². The number of hydroxylamine groups is 1. The van der Waals surface area contributed by atoms with Gasteiger partial charge in [0.2, 0.25) is 0 Å². The third kappa shape index (κ3) is 2.57. The molecule has 114 valence electrons. The predicted octanol–water partition coefficient (Wildman–Crippen LogP) is 3.62. The summed E-state index contributed by atoms with van der Waals surface area (Å²) in [7, 11) is 0. The lowest BCUT2D eigenvalue weighted by Crippen LogP contribution is -2.34. The van der Waals surface area contributed by atoms with E-state index in [0.717, 1.165) is 11.3 Å². The number of anilines is 1. The lowest BCUT2D eigenvalue weighted by Gasteiger charge is -2.26. The smallest absolute Gasteiger partial charge is 0.164 e. The van der Waals surface area contributed by atoms with E-state index in [9.17, 15) is 9.90 Å². The summed E-state index contributed by atoms with van der Waals surface area (Å²) >= 11 is 0. The van der Waals surface area contributed by atoms with Gasteiger partial charge in [0.25, 0.3) is 0 Å². The minimum absolute atomic E-state index is 0.00899. The topological polar surface area (TPSA) is 49.8 Å². The van der Waals surface area contributed by atoms with Gasteiger partial charge in [-0.1, -0.05) is 30.3 Å². The minimum Gasteiger partial charge on any atom is -0.508 e. The molecule has 2 aromatic rings. The Morgan fingerprint density at radius 3 is 2.41 bits per heavy atom. The number of Topliss-reactive ketones (excluding diaryl/α,β-unsaturated/α-hetero) is 1. The Hall–Kier alpha value is -2.33. The summed E-state index contributed by atoms with van der Waals surface area (Å²) in [5.74, 6) is 0.234. The van der Waals surface area contributed by atoms with Crippen LogP contribution < -0.4 is 5.06 Å². The standard InChI is InChI=1S/C18H19NO3/c1-13(20)18(2)12-17(14-8-10-16(21)11-9-14)19(22-18)15-6-4-3-5-7-15/h3-11,17,21H,12H2,1-2H3. The summed E-state index contributed by atoms with van der Waals surface area (Å²) in [6.45, 7) is 3.38. The Morgan fingerprint density at radius 2 is 1.82 bits per heavy atom. The maximum absolute atomic E-state index is 12.0. The molecule has 2 atom stereocenters. The van der Waals surface area contributed by atoms with Gasteiger partial charge >= 0.3 is 0 Å². The molecule has 0 radical (unpaired) electrons. The van der Waals surface area contributed by atoms with Gasteiger partial charge in [-0.25, -0.2) is 5.06 Å². The number of hydrogen-bond acceptors (Lipinski definition) is 4. The number of aromatic hydroxyl groups is 1. The van der Waals surface area contributed by atoms with Gasteiger partial charge in [0, 0.05) is 6.42 Å². The summed E-state index contributed by atoms with van der Waals surface area (Å²) in [5.41, 5.74) is 1.08. The Kier molecular flexibility index (Phi) is 3.62. The van der Waals surface area contributed by atoms with Crippen molar-refractivity contribution in [1.82, 2.24) is 0 Å².